The minimum Gasteiger partial charge on any atom is -0.361 e. The fraction of sp³-hybridized carbons (Fsp3) is 0.278. The second kappa shape index (κ2) is 6.76. The van der Waals surface area contributed by atoms with Gasteiger partial charge in [-0.15, -0.1) is 0 Å². The van der Waals surface area contributed by atoms with Gasteiger partial charge in [-0.2, -0.15) is 13.2 Å². The van der Waals surface area contributed by atoms with E-state index in [0.717, 1.165) is 29.0 Å². The van der Waals surface area contributed by atoms with Gasteiger partial charge in [0.05, 0.1) is 0 Å². The summed E-state index contributed by atoms with van der Waals surface area (Å²) in [7, 11) is 0. The largest absolute Gasteiger partial charge is 0.431 e. The van der Waals surface area contributed by atoms with Gasteiger partial charge in [-0.3, -0.25) is 4.79 Å². The highest BCUT2D eigenvalue weighted by molar-refractivity contribution is 5.83. The Morgan fingerprint density at radius 3 is 2.64 bits per heavy atom. The van der Waals surface area contributed by atoms with E-state index in [2.05, 4.69) is 10.3 Å². The summed E-state index contributed by atoms with van der Waals surface area (Å²) in [5.41, 5.74) is 0.738. The van der Waals surface area contributed by atoms with Gasteiger partial charge in [-0.25, -0.2) is 0 Å². The first-order valence-corrected chi connectivity index (χ1v) is 7.95. The summed E-state index contributed by atoms with van der Waals surface area (Å²) in [4.78, 5) is 17.0. The van der Waals surface area contributed by atoms with Crippen LogP contribution >= 0.6 is 0 Å². The minimum atomic E-state index is -4.55. The van der Waals surface area contributed by atoms with Crippen molar-refractivity contribution < 1.29 is 13.2 Å². The third-order valence-corrected chi connectivity index (χ3v) is 4.23. The van der Waals surface area contributed by atoms with Crippen LogP contribution in [0.25, 0.3) is 10.9 Å². The van der Waals surface area contributed by atoms with Crippen LogP contribution in [0.15, 0.2) is 47.4 Å². The molecule has 0 radical (unpaired) electrons. The van der Waals surface area contributed by atoms with E-state index >= 15 is 0 Å². The fourth-order valence-corrected chi connectivity index (χ4v) is 2.86. The number of aromatic nitrogens is 2. The quantitative estimate of drug-likeness (QED) is 0.657. The number of para-hydroxylation sites is 1. The Bertz CT molecular complexity index is 927. The number of alkyl halides is 3. The number of nitrogens with one attached hydrogen (secondary N) is 3. The Hall–Kier alpha value is -2.54. The van der Waals surface area contributed by atoms with Gasteiger partial charge in [-0.05, 0) is 43.7 Å². The van der Waals surface area contributed by atoms with Crippen molar-refractivity contribution in [2.45, 2.75) is 25.6 Å². The normalized spacial score (nSPS) is 13.3. The Kier molecular flexibility index (Phi) is 4.67. The molecular formula is C18H18F3N3O. The maximum atomic E-state index is 12.6. The van der Waals surface area contributed by atoms with E-state index < -0.39 is 17.4 Å². The molecule has 132 valence electrons. The molecule has 0 aliphatic heterocycles. The number of rotatable bonds is 5. The van der Waals surface area contributed by atoms with Crippen LogP contribution in [0, 0.1) is 0 Å². The third kappa shape index (κ3) is 3.76. The molecular weight excluding hydrogens is 331 g/mol. The number of benzene rings is 1. The molecule has 1 atom stereocenters. The molecule has 3 N–H and O–H groups in total. The lowest BCUT2D eigenvalue weighted by Gasteiger charge is -2.14. The van der Waals surface area contributed by atoms with Crippen molar-refractivity contribution in [2.24, 2.45) is 0 Å². The summed E-state index contributed by atoms with van der Waals surface area (Å²) >= 11 is 0. The highest BCUT2D eigenvalue weighted by Crippen LogP contribution is 2.27. The Balaban J connectivity index is 1.65. The van der Waals surface area contributed by atoms with Crippen molar-refractivity contribution in [1.82, 2.24) is 15.3 Å². The zero-order valence-corrected chi connectivity index (χ0v) is 13.6. The second-order valence-corrected chi connectivity index (χ2v) is 5.94. The van der Waals surface area contributed by atoms with E-state index in [9.17, 15) is 18.0 Å². The van der Waals surface area contributed by atoms with Gasteiger partial charge < -0.3 is 15.3 Å². The molecule has 0 saturated carbocycles. The van der Waals surface area contributed by atoms with E-state index in [4.69, 9.17) is 0 Å². The SMILES string of the molecule is CC(NCCc1c[nH]c2ccccc12)c1ccc(C(F)(F)F)[nH]c1=O. The number of halogens is 3. The predicted molar refractivity (Wildman–Crippen MR) is 90.5 cm³/mol. The van der Waals surface area contributed by atoms with Crippen LogP contribution in [-0.4, -0.2) is 16.5 Å². The van der Waals surface area contributed by atoms with Gasteiger partial charge in [-0.1, -0.05) is 18.2 Å². The molecule has 2 heterocycles. The van der Waals surface area contributed by atoms with Crippen molar-refractivity contribution in [3.63, 3.8) is 0 Å². The van der Waals surface area contributed by atoms with Crippen LogP contribution < -0.4 is 10.9 Å². The third-order valence-electron chi connectivity index (χ3n) is 4.23. The lowest BCUT2D eigenvalue weighted by atomic mass is 10.1. The van der Waals surface area contributed by atoms with Crippen LogP contribution in [0.3, 0.4) is 0 Å². The van der Waals surface area contributed by atoms with E-state index in [-0.39, 0.29) is 11.6 Å². The first kappa shape index (κ1) is 17.3. The summed E-state index contributed by atoms with van der Waals surface area (Å²) < 4.78 is 37.8. The van der Waals surface area contributed by atoms with Crippen LogP contribution in [0.1, 0.15) is 29.8 Å². The molecule has 0 bridgehead atoms. The summed E-state index contributed by atoms with van der Waals surface area (Å²) in [6.45, 7) is 2.36. The summed E-state index contributed by atoms with van der Waals surface area (Å²) in [6.07, 6.45) is -1.86. The van der Waals surface area contributed by atoms with Crippen molar-refractivity contribution in [3.8, 4) is 0 Å². The molecule has 3 aromatic rings. The average molecular weight is 349 g/mol. The molecule has 0 spiro atoms. The van der Waals surface area contributed by atoms with E-state index in [1.165, 1.54) is 6.07 Å². The van der Waals surface area contributed by atoms with Gasteiger partial charge in [0.2, 0.25) is 0 Å². The number of fused-ring (bicyclic) bond motifs is 1. The molecule has 2 aromatic heterocycles. The highest BCUT2D eigenvalue weighted by Gasteiger charge is 2.32. The second-order valence-electron chi connectivity index (χ2n) is 5.94. The van der Waals surface area contributed by atoms with Crippen LogP contribution in [0.2, 0.25) is 0 Å². The number of pyridine rings is 1. The number of hydrogen-bond donors (Lipinski definition) is 3. The van der Waals surface area contributed by atoms with Gasteiger partial charge in [0.25, 0.3) is 5.56 Å². The lowest BCUT2D eigenvalue weighted by molar-refractivity contribution is -0.141. The maximum Gasteiger partial charge on any atom is 0.431 e. The molecule has 1 aromatic carbocycles. The first-order chi connectivity index (χ1) is 11.9. The number of H-pyrrole nitrogens is 2. The molecule has 3 rings (SSSR count). The molecule has 0 aliphatic rings. The number of aromatic amines is 2. The Labute approximate surface area is 142 Å². The molecule has 25 heavy (non-hydrogen) atoms. The monoisotopic (exact) mass is 349 g/mol. The number of hydrogen-bond acceptors (Lipinski definition) is 2. The van der Waals surface area contributed by atoms with Crippen LogP contribution in [0.5, 0.6) is 0 Å². The van der Waals surface area contributed by atoms with Crippen molar-refractivity contribution in [1.29, 1.82) is 0 Å². The zero-order valence-electron chi connectivity index (χ0n) is 13.6. The van der Waals surface area contributed by atoms with Crippen LogP contribution in [-0.2, 0) is 12.6 Å². The van der Waals surface area contributed by atoms with Gasteiger partial charge in [0.15, 0.2) is 0 Å². The molecule has 0 fully saturated rings. The smallest absolute Gasteiger partial charge is 0.361 e. The molecule has 0 amide bonds. The van der Waals surface area contributed by atoms with Crippen molar-refractivity contribution >= 4 is 10.9 Å². The van der Waals surface area contributed by atoms with E-state index in [1.807, 2.05) is 35.4 Å². The summed E-state index contributed by atoms with van der Waals surface area (Å²) in [5.74, 6) is 0. The Morgan fingerprint density at radius 1 is 1.16 bits per heavy atom. The van der Waals surface area contributed by atoms with Gasteiger partial charge in [0, 0.05) is 28.7 Å². The fourth-order valence-electron chi connectivity index (χ4n) is 2.86. The van der Waals surface area contributed by atoms with Gasteiger partial charge >= 0.3 is 6.18 Å². The molecule has 0 saturated heterocycles. The molecule has 7 heteroatoms. The summed E-state index contributed by atoms with van der Waals surface area (Å²) in [5, 5.41) is 4.33. The topological polar surface area (TPSA) is 60.7 Å². The van der Waals surface area contributed by atoms with Crippen LogP contribution in [0.4, 0.5) is 13.2 Å². The molecule has 0 aliphatic carbocycles. The summed E-state index contributed by atoms with van der Waals surface area (Å²) in [6, 6.07) is 9.73. The predicted octanol–water partition coefficient (Wildman–Crippen LogP) is 3.77. The standard InChI is InChI=1S/C18H18F3N3O/c1-11(13-6-7-16(18(19,20)21)24-17(13)25)22-9-8-12-10-23-15-5-3-2-4-14(12)15/h2-7,10-11,22-23H,8-9H2,1H3,(H,24,25). The highest BCUT2D eigenvalue weighted by atomic mass is 19.4. The lowest BCUT2D eigenvalue weighted by Crippen LogP contribution is -2.28. The van der Waals surface area contributed by atoms with Gasteiger partial charge in [0.1, 0.15) is 5.69 Å². The van der Waals surface area contributed by atoms with Crippen molar-refractivity contribution in [2.75, 3.05) is 6.54 Å². The first-order valence-electron chi connectivity index (χ1n) is 7.95. The molecule has 1 unspecified atom stereocenters. The van der Waals surface area contributed by atoms with E-state index in [1.54, 1.807) is 6.92 Å². The maximum absolute atomic E-state index is 12.6. The van der Waals surface area contributed by atoms with Crippen molar-refractivity contribution in [3.05, 3.63) is 69.8 Å². The van der Waals surface area contributed by atoms with E-state index in [0.29, 0.717) is 6.54 Å². The molecule has 4 nitrogen and oxygen atoms in total. The average Bonchev–Trinajstić information content (AvgIpc) is 2.97. The zero-order chi connectivity index (χ0) is 18.0. The Morgan fingerprint density at radius 2 is 1.92 bits per heavy atom. The minimum absolute atomic E-state index is 0.284.